The van der Waals surface area contributed by atoms with Gasteiger partial charge in [-0.05, 0) is 29.7 Å². The minimum absolute atomic E-state index is 0.155. The van der Waals surface area contributed by atoms with Crippen LogP contribution in [0.2, 0.25) is 5.02 Å². The SMILES string of the molecule is O=C(OCc1ccccc1)N1C[C@@H](n2ncc3c(Cl)cc(SCc4ccccc4)cc32)C[C@H]1CF. The Morgan fingerprint density at radius 1 is 1.09 bits per heavy atom. The number of halogens is 2. The molecule has 1 saturated heterocycles. The van der Waals surface area contributed by atoms with Crippen molar-refractivity contribution in [2.75, 3.05) is 13.2 Å². The molecular weight excluding hydrogens is 485 g/mol. The van der Waals surface area contributed by atoms with Crippen LogP contribution in [0.5, 0.6) is 0 Å². The van der Waals surface area contributed by atoms with E-state index in [4.69, 9.17) is 16.3 Å². The number of benzene rings is 3. The van der Waals surface area contributed by atoms with Gasteiger partial charge in [-0.2, -0.15) is 5.10 Å². The molecule has 180 valence electrons. The Bertz CT molecular complexity index is 1300. The number of aromatic nitrogens is 2. The summed E-state index contributed by atoms with van der Waals surface area (Å²) in [6, 6.07) is 23.0. The molecule has 1 aromatic heterocycles. The predicted molar refractivity (Wildman–Crippen MR) is 137 cm³/mol. The lowest BCUT2D eigenvalue weighted by atomic mass is 10.2. The van der Waals surface area contributed by atoms with E-state index >= 15 is 0 Å². The highest BCUT2D eigenvalue weighted by Gasteiger charge is 2.38. The number of hydrogen-bond acceptors (Lipinski definition) is 4. The fourth-order valence-corrected chi connectivity index (χ4v) is 5.68. The van der Waals surface area contributed by atoms with Gasteiger partial charge in [-0.3, -0.25) is 4.68 Å². The Labute approximate surface area is 212 Å². The molecule has 2 atom stereocenters. The number of amides is 1. The first-order valence-electron chi connectivity index (χ1n) is 11.5. The summed E-state index contributed by atoms with van der Waals surface area (Å²) in [5.41, 5.74) is 3.00. The molecule has 1 aliphatic heterocycles. The lowest BCUT2D eigenvalue weighted by molar-refractivity contribution is 0.0871. The van der Waals surface area contributed by atoms with E-state index in [0.29, 0.717) is 18.0 Å². The second kappa shape index (κ2) is 10.7. The van der Waals surface area contributed by atoms with Gasteiger partial charge < -0.3 is 9.64 Å². The number of carbonyl (C=O) groups excluding carboxylic acids is 1. The third-order valence-corrected chi connectivity index (χ3v) is 7.60. The van der Waals surface area contributed by atoms with Gasteiger partial charge in [0.2, 0.25) is 0 Å². The van der Waals surface area contributed by atoms with Crippen molar-refractivity contribution in [3.63, 3.8) is 0 Å². The Morgan fingerprint density at radius 2 is 1.80 bits per heavy atom. The largest absolute Gasteiger partial charge is 0.445 e. The lowest BCUT2D eigenvalue weighted by Gasteiger charge is -2.21. The quantitative estimate of drug-likeness (QED) is 0.254. The molecule has 0 saturated carbocycles. The number of thioether (sulfide) groups is 1. The fourth-order valence-electron chi connectivity index (χ4n) is 4.44. The highest BCUT2D eigenvalue weighted by Crippen LogP contribution is 2.36. The van der Waals surface area contributed by atoms with Crippen LogP contribution in [0, 0.1) is 0 Å². The summed E-state index contributed by atoms with van der Waals surface area (Å²) in [5.74, 6) is 0.825. The zero-order valence-electron chi connectivity index (χ0n) is 19.0. The lowest BCUT2D eigenvalue weighted by Crippen LogP contribution is -2.37. The fraction of sp³-hybridized carbons (Fsp3) is 0.259. The van der Waals surface area contributed by atoms with E-state index in [0.717, 1.165) is 27.1 Å². The van der Waals surface area contributed by atoms with Crippen LogP contribution in [0.1, 0.15) is 23.6 Å². The monoisotopic (exact) mass is 509 g/mol. The molecule has 3 aromatic carbocycles. The molecule has 0 radical (unpaired) electrons. The van der Waals surface area contributed by atoms with E-state index in [2.05, 4.69) is 23.3 Å². The smallest absolute Gasteiger partial charge is 0.410 e. The molecule has 0 spiro atoms. The van der Waals surface area contributed by atoms with E-state index in [-0.39, 0.29) is 12.6 Å². The minimum Gasteiger partial charge on any atom is -0.445 e. The summed E-state index contributed by atoms with van der Waals surface area (Å²) in [7, 11) is 0. The maximum absolute atomic E-state index is 13.9. The van der Waals surface area contributed by atoms with Gasteiger partial charge >= 0.3 is 6.09 Å². The third-order valence-electron chi connectivity index (χ3n) is 6.24. The molecule has 5 nitrogen and oxygen atoms in total. The second-order valence-corrected chi connectivity index (χ2v) is 10.0. The van der Waals surface area contributed by atoms with Crippen molar-refractivity contribution in [3.8, 4) is 0 Å². The molecule has 1 fully saturated rings. The van der Waals surface area contributed by atoms with E-state index in [9.17, 15) is 9.18 Å². The standard InChI is InChI=1S/C27H25ClFN3O2S/c28-25-12-23(35-18-20-9-5-2-6-10-20)13-26-24(25)15-30-32(26)22-11-21(14-29)31(16-22)27(33)34-17-19-7-3-1-4-8-19/h1-10,12-13,15,21-22H,11,14,16-18H2/t21-,22-/m0/s1. The van der Waals surface area contributed by atoms with Crippen molar-refractivity contribution >= 4 is 40.4 Å². The van der Waals surface area contributed by atoms with Gasteiger partial charge in [-0.1, -0.05) is 72.3 Å². The molecule has 5 rings (SSSR count). The van der Waals surface area contributed by atoms with Gasteiger partial charge in [0, 0.05) is 22.6 Å². The topological polar surface area (TPSA) is 47.4 Å². The molecule has 0 unspecified atom stereocenters. The molecule has 0 N–H and O–H groups in total. The number of fused-ring (bicyclic) bond motifs is 1. The summed E-state index contributed by atoms with van der Waals surface area (Å²) in [5, 5.41) is 6.05. The van der Waals surface area contributed by atoms with Gasteiger partial charge in [0.1, 0.15) is 13.3 Å². The third kappa shape index (κ3) is 5.31. The number of ether oxygens (including phenoxy) is 1. The molecule has 8 heteroatoms. The number of carbonyl (C=O) groups is 1. The minimum atomic E-state index is -0.630. The molecule has 1 aliphatic rings. The summed E-state index contributed by atoms with van der Waals surface area (Å²) in [6.45, 7) is -0.144. The van der Waals surface area contributed by atoms with Gasteiger partial charge in [-0.15, -0.1) is 11.8 Å². The average molecular weight is 510 g/mol. The predicted octanol–water partition coefficient (Wildman–Crippen LogP) is 6.90. The van der Waals surface area contributed by atoms with E-state index in [1.54, 1.807) is 18.0 Å². The number of likely N-dealkylation sites (tertiary alicyclic amines) is 1. The first kappa shape index (κ1) is 23.7. The van der Waals surface area contributed by atoms with Crippen molar-refractivity contribution in [2.24, 2.45) is 0 Å². The van der Waals surface area contributed by atoms with Crippen LogP contribution in [0.25, 0.3) is 10.9 Å². The molecule has 2 heterocycles. The second-order valence-electron chi connectivity index (χ2n) is 8.59. The first-order valence-corrected chi connectivity index (χ1v) is 12.9. The Morgan fingerprint density at radius 3 is 2.51 bits per heavy atom. The normalized spacial score (nSPS) is 17.7. The van der Waals surface area contributed by atoms with Crippen LogP contribution >= 0.6 is 23.4 Å². The Kier molecular flexibility index (Phi) is 7.25. The first-order chi connectivity index (χ1) is 17.1. The Hall–Kier alpha value is -3.03. The maximum atomic E-state index is 13.9. The van der Waals surface area contributed by atoms with Gasteiger partial charge in [0.05, 0.1) is 28.8 Å². The molecule has 35 heavy (non-hydrogen) atoms. The number of alkyl halides is 1. The molecule has 0 bridgehead atoms. The van der Waals surface area contributed by atoms with Crippen molar-refractivity contribution in [1.82, 2.24) is 14.7 Å². The van der Waals surface area contributed by atoms with Gasteiger partial charge in [-0.25, -0.2) is 9.18 Å². The maximum Gasteiger partial charge on any atom is 0.410 e. The summed E-state index contributed by atoms with van der Waals surface area (Å²) >= 11 is 8.29. The summed E-state index contributed by atoms with van der Waals surface area (Å²) < 4.78 is 21.2. The van der Waals surface area contributed by atoms with Crippen molar-refractivity contribution < 1.29 is 13.9 Å². The van der Waals surface area contributed by atoms with Crippen LogP contribution in [-0.4, -0.2) is 40.0 Å². The summed E-state index contributed by atoms with van der Waals surface area (Å²) in [4.78, 5) is 15.3. The van der Waals surface area contributed by atoms with Gasteiger partial charge in [0.25, 0.3) is 0 Å². The van der Waals surface area contributed by atoms with Crippen molar-refractivity contribution in [2.45, 2.75) is 35.8 Å². The zero-order chi connectivity index (χ0) is 24.2. The van der Waals surface area contributed by atoms with Crippen LogP contribution in [-0.2, 0) is 17.1 Å². The highest BCUT2D eigenvalue weighted by atomic mass is 35.5. The van der Waals surface area contributed by atoms with Gasteiger partial charge in [0.15, 0.2) is 0 Å². The van der Waals surface area contributed by atoms with E-state index in [1.807, 2.05) is 59.3 Å². The van der Waals surface area contributed by atoms with E-state index in [1.165, 1.54) is 10.5 Å². The Balaban J connectivity index is 1.32. The molecule has 1 amide bonds. The zero-order valence-corrected chi connectivity index (χ0v) is 20.6. The molecular formula is C27H25ClFN3O2S. The van der Waals surface area contributed by atoms with Crippen LogP contribution in [0.15, 0.2) is 83.9 Å². The van der Waals surface area contributed by atoms with Crippen molar-refractivity contribution in [3.05, 3.63) is 95.1 Å². The number of nitrogens with zero attached hydrogens (tertiary/aromatic N) is 3. The van der Waals surface area contributed by atoms with E-state index < -0.39 is 18.8 Å². The molecule has 0 aliphatic carbocycles. The van der Waals surface area contributed by atoms with Crippen LogP contribution in [0.4, 0.5) is 9.18 Å². The molecule has 4 aromatic rings. The van der Waals surface area contributed by atoms with Crippen LogP contribution < -0.4 is 0 Å². The van der Waals surface area contributed by atoms with Crippen molar-refractivity contribution in [1.29, 1.82) is 0 Å². The number of hydrogen-bond donors (Lipinski definition) is 0. The van der Waals surface area contributed by atoms with Crippen LogP contribution in [0.3, 0.4) is 0 Å². The average Bonchev–Trinajstić information content (AvgIpc) is 3.52. The number of rotatable bonds is 7. The highest BCUT2D eigenvalue weighted by molar-refractivity contribution is 7.98. The summed E-state index contributed by atoms with van der Waals surface area (Å²) in [6.07, 6.45) is 1.70.